The van der Waals surface area contributed by atoms with E-state index in [4.69, 9.17) is 5.11 Å². The predicted octanol–water partition coefficient (Wildman–Crippen LogP) is 1.73. The first kappa shape index (κ1) is 17.2. The van der Waals surface area contributed by atoms with Crippen LogP contribution in [0, 0.1) is 0 Å². The quantitative estimate of drug-likeness (QED) is 0.830. The molecule has 0 aliphatic carbocycles. The number of rotatable bonds is 6. The third-order valence-corrected chi connectivity index (χ3v) is 3.82. The Hall–Kier alpha value is -1.81. The number of sulfonamides is 1. The number of carbonyl (C=O) groups is 1. The zero-order valence-corrected chi connectivity index (χ0v) is 11.5. The summed E-state index contributed by atoms with van der Waals surface area (Å²) in [4.78, 5) is 10.3. The first-order chi connectivity index (χ1) is 9.55. The second-order valence-electron chi connectivity index (χ2n) is 3.94. The smallest absolute Gasteiger partial charge is 0.480 e. The molecule has 0 aliphatic rings. The fourth-order valence-corrected chi connectivity index (χ4v) is 2.71. The summed E-state index contributed by atoms with van der Waals surface area (Å²) < 4.78 is 65.5. The number of aliphatic carboxylic acids is 1. The molecule has 0 heterocycles. The molecule has 0 fully saturated rings. The molecule has 0 saturated heterocycles. The molecule has 0 unspecified atom stereocenters. The molecule has 2 N–H and O–H groups in total. The number of halogens is 3. The summed E-state index contributed by atoms with van der Waals surface area (Å²) in [5, 5.41) is 8.79. The van der Waals surface area contributed by atoms with Gasteiger partial charge in [0.2, 0.25) is 10.0 Å². The van der Waals surface area contributed by atoms with E-state index >= 15 is 0 Å². The maximum absolute atomic E-state index is 12.1. The number of carboxylic acids is 1. The van der Waals surface area contributed by atoms with Gasteiger partial charge < -0.3 is 9.84 Å². The lowest BCUT2D eigenvalue weighted by atomic mass is 10.2. The third kappa shape index (κ3) is 5.23. The highest BCUT2D eigenvalue weighted by Gasteiger charge is 2.32. The summed E-state index contributed by atoms with van der Waals surface area (Å²) in [6.07, 6.45) is -4.98. The zero-order chi connectivity index (χ0) is 16.3. The van der Waals surface area contributed by atoms with Gasteiger partial charge in [-0.15, -0.1) is 13.2 Å². The van der Waals surface area contributed by atoms with Gasteiger partial charge in [-0.2, -0.15) is 4.72 Å². The van der Waals surface area contributed by atoms with Crippen molar-refractivity contribution in [2.45, 2.75) is 30.6 Å². The number of benzene rings is 1. The van der Waals surface area contributed by atoms with Gasteiger partial charge in [-0.25, -0.2) is 8.42 Å². The van der Waals surface area contributed by atoms with Gasteiger partial charge in [0.15, 0.2) is 0 Å². The maximum Gasteiger partial charge on any atom is 0.573 e. The highest BCUT2D eigenvalue weighted by Crippen LogP contribution is 2.24. The van der Waals surface area contributed by atoms with Crippen LogP contribution in [0.1, 0.15) is 13.3 Å². The molecule has 0 aliphatic heterocycles. The van der Waals surface area contributed by atoms with Crippen LogP contribution >= 0.6 is 0 Å². The van der Waals surface area contributed by atoms with Crippen molar-refractivity contribution < 1.29 is 36.2 Å². The van der Waals surface area contributed by atoms with E-state index in [2.05, 4.69) is 4.74 Å². The molecule has 118 valence electrons. The molecule has 0 aromatic heterocycles. The Morgan fingerprint density at radius 2 is 2.05 bits per heavy atom. The lowest BCUT2D eigenvalue weighted by molar-refractivity contribution is -0.274. The highest BCUT2D eigenvalue weighted by molar-refractivity contribution is 7.89. The number of carboxylic acid groups (broad SMARTS) is 1. The van der Waals surface area contributed by atoms with Gasteiger partial charge >= 0.3 is 12.3 Å². The van der Waals surface area contributed by atoms with Crippen molar-refractivity contribution in [3.05, 3.63) is 24.3 Å². The minimum atomic E-state index is -4.96. The Balaban J connectivity index is 3.04. The van der Waals surface area contributed by atoms with E-state index in [0.717, 1.165) is 18.2 Å². The molecule has 0 spiro atoms. The molecular weight excluding hydrogens is 315 g/mol. The molecule has 0 radical (unpaired) electrons. The van der Waals surface area contributed by atoms with E-state index in [-0.39, 0.29) is 6.42 Å². The molecule has 1 atom stereocenters. The van der Waals surface area contributed by atoms with Gasteiger partial charge in [-0.05, 0) is 18.6 Å². The molecule has 1 aromatic rings. The van der Waals surface area contributed by atoms with E-state index in [9.17, 15) is 26.4 Å². The average molecular weight is 327 g/mol. The van der Waals surface area contributed by atoms with Crippen LogP contribution < -0.4 is 9.46 Å². The van der Waals surface area contributed by atoms with Crippen molar-refractivity contribution in [2.75, 3.05) is 0 Å². The molecule has 1 rings (SSSR count). The van der Waals surface area contributed by atoms with Crippen LogP contribution in [-0.2, 0) is 14.8 Å². The van der Waals surface area contributed by atoms with Gasteiger partial charge in [-0.1, -0.05) is 13.0 Å². The molecule has 6 nitrogen and oxygen atoms in total. The van der Waals surface area contributed by atoms with Gasteiger partial charge in [0.1, 0.15) is 11.8 Å². The van der Waals surface area contributed by atoms with Crippen LogP contribution in [0.15, 0.2) is 29.2 Å². The number of ether oxygens (including phenoxy) is 1. The Morgan fingerprint density at radius 3 is 2.52 bits per heavy atom. The van der Waals surface area contributed by atoms with Crippen LogP contribution in [0.4, 0.5) is 13.2 Å². The Bertz CT molecular complexity index is 615. The summed E-state index contributed by atoms with van der Waals surface area (Å²) in [7, 11) is -4.27. The predicted molar refractivity (Wildman–Crippen MR) is 65.2 cm³/mol. The van der Waals surface area contributed by atoms with E-state index in [1.54, 1.807) is 0 Å². The van der Waals surface area contributed by atoms with Crippen molar-refractivity contribution >= 4 is 16.0 Å². The molecule has 10 heteroatoms. The van der Waals surface area contributed by atoms with E-state index in [0.29, 0.717) is 6.07 Å². The monoisotopic (exact) mass is 327 g/mol. The SMILES string of the molecule is CC[C@@H](NS(=O)(=O)c1cccc(OC(F)(F)F)c1)C(=O)O. The van der Waals surface area contributed by atoms with Crippen molar-refractivity contribution in [2.24, 2.45) is 0 Å². The van der Waals surface area contributed by atoms with E-state index in [1.807, 2.05) is 4.72 Å². The Labute approximate surface area is 118 Å². The van der Waals surface area contributed by atoms with Crippen molar-refractivity contribution in [3.63, 3.8) is 0 Å². The number of alkyl halides is 3. The second kappa shape index (κ2) is 6.31. The first-order valence-corrected chi connectivity index (χ1v) is 7.14. The number of nitrogens with one attached hydrogen (secondary N) is 1. The van der Waals surface area contributed by atoms with Gasteiger partial charge in [0.25, 0.3) is 0 Å². The largest absolute Gasteiger partial charge is 0.573 e. The molecule has 21 heavy (non-hydrogen) atoms. The summed E-state index contributed by atoms with van der Waals surface area (Å²) in [5.74, 6) is -2.10. The molecule has 0 saturated carbocycles. The van der Waals surface area contributed by atoms with Crippen LogP contribution in [0.3, 0.4) is 0 Å². The average Bonchev–Trinajstić information content (AvgIpc) is 2.34. The van der Waals surface area contributed by atoms with Crippen LogP contribution in [0.25, 0.3) is 0 Å². The van der Waals surface area contributed by atoms with Crippen LogP contribution in [0.5, 0.6) is 5.75 Å². The normalized spacial score (nSPS) is 13.7. The van der Waals surface area contributed by atoms with Gasteiger partial charge in [0, 0.05) is 6.07 Å². The third-order valence-electron chi connectivity index (χ3n) is 2.35. The fourth-order valence-electron chi connectivity index (χ4n) is 1.40. The van der Waals surface area contributed by atoms with Crippen molar-refractivity contribution in [3.8, 4) is 5.75 Å². The summed E-state index contributed by atoms with van der Waals surface area (Å²) in [6, 6.07) is 2.30. The van der Waals surface area contributed by atoms with Crippen LogP contribution in [-0.4, -0.2) is 31.9 Å². The van der Waals surface area contributed by atoms with Crippen LogP contribution in [0.2, 0.25) is 0 Å². The highest BCUT2D eigenvalue weighted by atomic mass is 32.2. The number of hydrogen-bond donors (Lipinski definition) is 2. The Morgan fingerprint density at radius 1 is 1.43 bits per heavy atom. The molecule has 1 aromatic carbocycles. The van der Waals surface area contributed by atoms with Crippen molar-refractivity contribution in [1.82, 2.24) is 4.72 Å². The minimum Gasteiger partial charge on any atom is -0.480 e. The van der Waals surface area contributed by atoms with Gasteiger partial charge in [0.05, 0.1) is 4.90 Å². The zero-order valence-electron chi connectivity index (χ0n) is 10.7. The van der Waals surface area contributed by atoms with E-state index in [1.165, 1.54) is 6.92 Å². The van der Waals surface area contributed by atoms with Crippen molar-refractivity contribution in [1.29, 1.82) is 0 Å². The van der Waals surface area contributed by atoms with Gasteiger partial charge in [-0.3, -0.25) is 4.79 Å². The lowest BCUT2D eigenvalue weighted by Crippen LogP contribution is -2.40. The first-order valence-electron chi connectivity index (χ1n) is 5.66. The van der Waals surface area contributed by atoms with E-state index < -0.39 is 39.0 Å². The molecule has 0 bridgehead atoms. The number of hydrogen-bond acceptors (Lipinski definition) is 4. The minimum absolute atomic E-state index is 0.0205. The molecular formula is C11H12F3NO5S. The summed E-state index contributed by atoms with van der Waals surface area (Å²) in [5.41, 5.74) is 0. The standard InChI is InChI=1S/C11H12F3NO5S/c1-2-9(10(16)17)15-21(18,19)8-5-3-4-7(6-8)20-11(12,13)14/h3-6,9,15H,2H2,1H3,(H,16,17)/t9-/m1/s1. The maximum atomic E-state index is 12.1. The molecule has 0 amide bonds. The topological polar surface area (TPSA) is 92.7 Å². The lowest BCUT2D eigenvalue weighted by Gasteiger charge is -2.14. The summed E-state index contributed by atoms with van der Waals surface area (Å²) >= 11 is 0. The fraction of sp³-hybridized carbons (Fsp3) is 0.364. The summed E-state index contributed by atoms with van der Waals surface area (Å²) in [6.45, 7) is 1.45. The Kier molecular flexibility index (Phi) is 5.18. The second-order valence-corrected chi connectivity index (χ2v) is 5.66.